The summed E-state index contributed by atoms with van der Waals surface area (Å²) in [5.74, 6) is 0.0385. The maximum absolute atomic E-state index is 11.5. The summed E-state index contributed by atoms with van der Waals surface area (Å²) in [6.45, 7) is 0.455. The number of aliphatic hydroxyl groups excluding tert-OH is 2. The summed E-state index contributed by atoms with van der Waals surface area (Å²) < 4.78 is 0. The molecule has 2 rings (SSSR count). The zero-order chi connectivity index (χ0) is 10.1. The first kappa shape index (κ1) is 9.93. The van der Waals surface area contributed by atoms with Gasteiger partial charge in [0.2, 0.25) is 5.91 Å². The van der Waals surface area contributed by atoms with Crippen molar-refractivity contribution < 1.29 is 15.0 Å². The van der Waals surface area contributed by atoms with Gasteiger partial charge < -0.3 is 15.1 Å². The van der Waals surface area contributed by atoms with E-state index in [0.29, 0.717) is 13.0 Å². The van der Waals surface area contributed by atoms with E-state index < -0.39 is 6.10 Å². The molecule has 1 heterocycles. The molecule has 0 radical (unpaired) electrons. The van der Waals surface area contributed by atoms with E-state index in [1.807, 2.05) is 0 Å². The molecule has 0 bridgehead atoms. The standard InChI is InChI=1S/C10H17NO3/c12-8-3-1-2-7(4-8)11-6-9(13)5-10(11)14/h7-9,12-13H,1-6H2. The van der Waals surface area contributed by atoms with Gasteiger partial charge in [-0.05, 0) is 25.7 Å². The van der Waals surface area contributed by atoms with Crippen molar-refractivity contribution >= 4 is 5.91 Å². The highest BCUT2D eigenvalue weighted by Crippen LogP contribution is 2.26. The smallest absolute Gasteiger partial charge is 0.225 e. The van der Waals surface area contributed by atoms with Gasteiger partial charge in [-0.2, -0.15) is 0 Å². The number of carbonyl (C=O) groups is 1. The number of carbonyl (C=O) groups excluding carboxylic acids is 1. The number of hydrogen-bond acceptors (Lipinski definition) is 3. The molecule has 1 aliphatic carbocycles. The second-order valence-electron chi connectivity index (χ2n) is 4.38. The Labute approximate surface area is 83.5 Å². The average Bonchev–Trinajstić information content (AvgIpc) is 2.45. The topological polar surface area (TPSA) is 60.8 Å². The van der Waals surface area contributed by atoms with E-state index in [4.69, 9.17) is 0 Å². The lowest BCUT2D eigenvalue weighted by molar-refractivity contribution is -0.130. The van der Waals surface area contributed by atoms with E-state index in [2.05, 4.69) is 0 Å². The summed E-state index contributed by atoms with van der Waals surface area (Å²) in [7, 11) is 0. The van der Waals surface area contributed by atoms with Crippen molar-refractivity contribution in [1.29, 1.82) is 0 Å². The Morgan fingerprint density at radius 3 is 2.57 bits per heavy atom. The predicted octanol–water partition coefficient (Wildman–Crippen LogP) is -0.117. The first-order valence-electron chi connectivity index (χ1n) is 5.32. The molecular formula is C10H17NO3. The van der Waals surface area contributed by atoms with Crippen molar-refractivity contribution in [3.63, 3.8) is 0 Å². The second-order valence-corrected chi connectivity index (χ2v) is 4.38. The van der Waals surface area contributed by atoms with E-state index in [1.165, 1.54) is 0 Å². The number of β-amino-alcohol motifs (C(OH)–C–C–N with tert-alkyl or cyclic N) is 1. The molecule has 1 saturated heterocycles. The molecular weight excluding hydrogens is 182 g/mol. The Hall–Kier alpha value is -0.610. The summed E-state index contributed by atoms with van der Waals surface area (Å²) in [4.78, 5) is 13.2. The van der Waals surface area contributed by atoms with Crippen LogP contribution in [0.4, 0.5) is 0 Å². The minimum atomic E-state index is -0.499. The highest BCUT2D eigenvalue weighted by molar-refractivity contribution is 5.79. The highest BCUT2D eigenvalue weighted by Gasteiger charge is 2.35. The van der Waals surface area contributed by atoms with Crippen LogP contribution in [0, 0.1) is 0 Å². The van der Waals surface area contributed by atoms with Gasteiger partial charge in [-0.1, -0.05) is 0 Å². The predicted molar refractivity (Wildman–Crippen MR) is 50.6 cm³/mol. The van der Waals surface area contributed by atoms with Crippen LogP contribution in [0.1, 0.15) is 32.1 Å². The van der Waals surface area contributed by atoms with Crippen LogP contribution >= 0.6 is 0 Å². The molecule has 0 aromatic heterocycles. The zero-order valence-electron chi connectivity index (χ0n) is 8.22. The summed E-state index contributed by atoms with van der Waals surface area (Å²) >= 11 is 0. The monoisotopic (exact) mass is 199 g/mol. The fourth-order valence-electron chi connectivity index (χ4n) is 2.49. The number of nitrogens with zero attached hydrogens (tertiary/aromatic N) is 1. The molecule has 4 nitrogen and oxygen atoms in total. The molecule has 3 unspecified atom stereocenters. The maximum Gasteiger partial charge on any atom is 0.225 e. The Kier molecular flexibility index (Phi) is 2.74. The van der Waals surface area contributed by atoms with Crippen molar-refractivity contribution in [1.82, 2.24) is 4.90 Å². The van der Waals surface area contributed by atoms with Gasteiger partial charge in [-0.25, -0.2) is 0 Å². The van der Waals surface area contributed by atoms with Gasteiger partial charge in [0.15, 0.2) is 0 Å². The summed E-state index contributed by atoms with van der Waals surface area (Å²) in [5, 5.41) is 18.8. The lowest BCUT2D eigenvalue weighted by atomic mass is 9.92. The van der Waals surface area contributed by atoms with Gasteiger partial charge in [-0.15, -0.1) is 0 Å². The normalized spacial score (nSPS) is 39.1. The number of rotatable bonds is 1. The summed E-state index contributed by atoms with van der Waals surface area (Å²) in [6, 6.07) is 0.156. The Balaban J connectivity index is 1.97. The van der Waals surface area contributed by atoms with Crippen LogP contribution in [0.25, 0.3) is 0 Å². The second kappa shape index (κ2) is 3.87. The van der Waals surface area contributed by atoms with E-state index >= 15 is 0 Å². The van der Waals surface area contributed by atoms with E-state index in [-0.39, 0.29) is 24.5 Å². The molecule has 0 spiro atoms. The Morgan fingerprint density at radius 2 is 2.00 bits per heavy atom. The van der Waals surface area contributed by atoms with Crippen LogP contribution in [0.2, 0.25) is 0 Å². The molecule has 1 aliphatic heterocycles. The maximum atomic E-state index is 11.5. The van der Waals surface area contributed by atoms with Crippen molar-refractivity contribution in [3.05, 3.63) is 0 Å². The number of hydrogen-bond donors (Lipinski definition) is 2. The lowest BCUT2D eigenvalue weighted by Crippen LogP contribution is -2.41. The van der Waals surface area contributed by atoms with Crippen LogP contribution in [0.15, 0.2) is 0 Å². The van der Waals surface area contributed by atoms with E-state index in [9.17, 15) is 15.0 Å². The van der Waals surface area contributed by atoms with Gasteiger partial charge in [-0.3, -0.25) is 4.79 Å². The molecule has 14 heavy (non-hydrogen) atoms. The largest absolute Gasteiger partial charge is 0.393 e. The zero-order valence-corrected chi connectivity index (χ0v) is 8.22. The van der Waals surface area contributed by atoms with Crippen molar-refractivity contribution in [3.8, 4) is 0 Å². The number of likely N-dealkylation sites (tertiary alicyclic amines) is 1. The highest BCUT2D eigenvalue weighted by atomic mass is 16.3. The first-order valence-corrected chi connectivity index (χ1v) is 5.32. The lowest BCUT2D eigenvalue weighted by Gasteiger charge is -2.33. The van der Waals surface area contributed by atoms with Crippen LogP contribution < -0.4 is 0 Å². The quantitative estimate of drug-likeness (QED) is 0.619. The minimum Gasteiger partial charge on any atom is -0.393 e. The molecule has 2 aliphatic rings. The van der Waals surface area contributed by atoms with Crippen molar-refractivity contribution in [2.45, 2.75) is 50.4 Å². The Bertz CT molecular complexity index is 231. The van der Waals surface area contributed by atoms with Crippen LogP contribution in [-0.2, 0) is 4.79 Å². The molecule has 0 aromatic rings. The van der Waals surface area contributed by atoms with Crippen LogP contribution in [0.3, 0.4) is 0 Å². The first-order chi connectivity index (χ1) is 6.66. The van der Waals surface area contributed by atoms with E-state index in [1.54, 1.807) is 4.90 Å². The summed E-state index contributed by atoms with van der Waals surface area (Å²) in [5.41, 5.74) is 0. The van der Waals surface area contributed by atoms with Gasteiger partial charge in [0.05, 0.1) is 18.6 Å². The van der Waals surface area contributed by atoms with Gasteiger partial charge in [0.1, 0.15) is 0 Å². The molecule has 2 fully saturated rings. The molecule has 80 valence electrons. The molecule has 0 aromatic carbocycles. The van der Waals surface area contributed by atoms with E-state index in [0.717, 1.165) is 19.3 Å². The SMILES string of the molecule is O=C1CC(O)CN1C1CCCC(O)C1. The van der Waals surface area contributed by atoms with Crippen molar-refractivity contribution in [2.75, 3.05) is 6.54 Å². The molecule has 4 heteroatoms. The number of amides is 1. The summed E-state index contributed by atoms with van der Waals surface area (Å²) in [6.07, 6.45) is 2.97. The van der Waals surface area contributed by atoms with Crippen LogP contribution in [0.5, 0.6) is 0 Å². The average molecular weight is 199 g/mol. The molecule has 2 N–H and O–H groups in total. The minimum absolute atomic E-state index is 0.0385. The third kappa shape index (κ3) is 1.91. The van der Waals surface area contributed by atoms with Gasteiger partial charge >= 0.3 is 0 Å². The van der Waals surface area contributed by atoms with Crippen LogP contribution in [-0.4, -0.2) is 45.8 Å². The fourth-order valence-corrected chi connectivity index (χ4v) is 2.49. The third-order valence-electron chi connectivity index (χ3n) is 3.20. The number of aliphatic hydroxyl groups is 2. The molecule has 3 atom stereocenters. The van der Waals surface area contributed by atoms with Gasteiger partial charge in [0, 0.05) is 12.6 Å². The molecule has 1 amide bonds. The molecule has 1 saturated carbocycles. The van der Waals surface area contributed by atoms with Gasteiger partial charge in [0.25, 0.3) is 0 Å². The third-order valence-corrected chi connectivity index (χ3v) is 3.20. The van der Waals surface area contributed by atoms with Crippen molar-refractivity contribution in [2.24, 2.45) is 0 Å². The Morgan fingerprint density at radius 1 is 1.21 bits per heavy atom. The fraction of sp³-hybridized carbons (Fsp3) is 0.900.